The van der Waals surface area contributed by atoms with E-state index < -0.39 is 21.3 Å². The molecule has 21 heavy (non-hydrogen) atoms. The van der Waals surface area contributed by atoms with Crippen LogP contribution >= 0.6 is 0 Å². The number of aryl methyl sites for hydroxylation is 1. The van der Waals surface area contributed by atoms with E-state index in [0.717, 1.165) is 6.42 Å². The van der Waals surface area contributed by atoms with Crippen LogP contribution in [0.25, 0.3) is 0 Å². The smallest absolute Gasteiger partial charge is 0.241 e. The minimum absolute atomic E-state index is 0.0284. The summed E-state index contributed by atoms with van der Waals surface area (Å²) in [5.41, 5.74) is 0. The van der Waals surface area contributed by atoms with E-state index in [2.05, 4.69) is 24.0 Å². The molecule has 8 heteroatoms. The maximum atomic E-state index is 12.2. The fourth-order valence-corrected chi connectivity index (χ4v) is 3.94. The van der Waals surface area contributed by atoms with E-state index in [1.165, 1.54) is 0 Å². The van der Waals surface area contributed by atoms with Gasteiger partial charge in [-0.1, -0.05) is 19.0 Å². The van der Waals surface area contributed by atoms with Crippen LogP contribution in [0.5, 0.6) is 0 Å². The number of sulfone groups is 1. The fourth-order valence-electron chi connectivity index (χ4n) is 2.78. The number of hydrogen-bond acceptors (Lipinski definition) is 6. The molecule has 1 aliphatic rings. The zero-order chi connectivity index (χ0) is 15.6. The first-order valence-corrected chi connectivity index (χ1v) is 8.84. The van der Waals surface area contributed by atoms with Crippen molar-refractivity contribution in [2.75, 3.05) is 18.8 Å². The molecule has 2 heterocycles. The maximum absolute atomic E-state index is 12.2. The number of aromatic nitrogens is 2. The molecule has 1 aromatic rings. The first-order chi connectivity index (χ1) is 9.75. The van der Waals surface area contributed by atoms with Crippen molar-refractivity contribution in [3.63, 3.8) is 0 Å². The zero-order valence-electron chi connectivity index (χ0n) is 12.6. The highest BCUT2D eigenvalue weighted by atomic mass is 32.2. The van der Waals surface area contributed by atoms with Gasteiger partial charge in [-0.2, -0.15) is 4.98 Å². The molecule has 118 valence electrons. The van der Waals surface area contributed by atoms with Gasteiger partial charge in [0.2, 0.25) is 11.8 Å². The van der Waals surface area contributed by atoms with Crippen molar-refractivity contribution in [2.24, 2.45) is 11.8 Å². The first kappa shape index (κ1) is 15.9. The SMILES string of the molecule is Cc1noc(CS(=O)(=O)CC(=O)N2CC(C)CC(C)C2)n1. The van der Waals surface area contributed by atoms with Gasteiger partial charge in [-0.3, -0.25) is 4.79 Å². The summed E-state index contributed by atoms with van der Waals surface area (Å²) in [5, 5.41) is 3.54. The van der Waals surface area contributed by atoms with E-state index in [4.69, 9.17) is 4.52 Å². The Morgan fingerprint density at radius 2 is 1.95 bits per heavy atom. The Morgan fingerprint density at radius 3 is 2.48 bits per heavy atom. The Balaban J connectivity index is 1.97. The van der Waals surface area contributed by atoms with Crippen molar-refractivity contribution < 1.29 is 17.7 Å². The predicted molar refractivity (Wildman–Crippen MR) is 76.1 cm³/mol. The van der Waals surface area contributed by atoms with Crippen LogP contribution in [-0.4, -0.2) is 48.2 Å². The Labute approximate surface area is 124 Å². The molecular weight excluding hydrogens is 294 g/mol. The molecule has 1 saturated heterocycles. The van der Waals surface area contributed by atoms with Gasteiger partial charge in [-0.15, -0.1) is 0 Å². The third-order valence-electron chi connectivity index (χ3n) is 3.48. The lowest BCUT2D eigenvalue weighted by molar-refractivity contribution is -0.131. The molecule has 2 atom stereocenters. The van der Waals surface area contributed by atoms with Crippen LogP contribution in [0.15, 0.2) is 4.52 Å². The third kappa shape index (κ3) is 4.52. The highest BCUT2D eigenvalue weighted by Gasteiger charge is 2.29. The molecule has 1 aromatic heterocycles. The summed E-state index contributed by atoms with van der Waals surface area (Å²) in [7, 11) is -3.59. The van der Waals surface area contributed by atoms with Gasteiger partial charge in [0.15, 0.2) is 15.7 Å². The number of likely N-dealkylation sites (tertiary alicyclic amines) is 1. The van der Waals surface area contributed by atoms with Crippen molar-refractivity contribution in [3.8, 4) is 0 Å². The van der Waals surface area contributed by atoms with E-state index in [1.54, 1.807) is 11.8 Å². The number of piperidine rings is 1. The summed E-state index contributed by atoms with van der Waals surface area (Å²) in [6.45, 7) is 7.01. The lowest BCUT2D eigenvalue weighted by atomic mass is 9.92. The van der Waals surface area contributed by atoms with Crippen LogP contribution in [0.1, 0.15) is 32.0 Å². The number of carbonyl (C=O) groups is 1. The second kappa shape index (κ2) is 6.13. The van der Waals surface area contributed by atoms with Crippen LogP contribution in [-0.2, 0) is 20.4 Å². The second-order valence-electron chi connectivity index (χ2n) is 6.01. The van der Waals surface area contributed by atoms with Crippen LogP contribution < -0.4 is 0 Å². The molecular formula is C13H21N3O4S. The molecule has 2 rings (SSSR count). The van der Waals surface area contributed by atoms with Crippen LogP contribution in [0.3, 0.4) is 0 Å². The molecule has 0 saturated carbocycles. The van der Waals surface area contributed by atoms with E-state index in [1.807, 2.05) is 0 Å². The standard InChI is InChI=1S/C13H21N3O4S/c1-9-4-10(2)6-16(5-9)13(17)8-21(18,19)7-12-14-11(3)15-20-12/h9-10H,4-8H2,1-3H3. The minimum Gasteiger partial charge on any atom is -0.341 e. The highest BCUT2D eigenvalue weighted by molar-refractivity contribution is 7.91. The van der Waals surface area contributed by atoms with Gasteiger partial charge < -0.3 is 9.42 Å². The topological polar surface area (TPSA) is 93.4 Å². The third-order valence-corrected chi connectivity index (χ3v) is 4.85. The van der Waals surface area contributed by atoms with E-state index in [9.17, 15) is 13.2 Å². The lowest BCUT2D eigenvalue weighted by Crippen LogP contribution is -2.45. The molecule has 1 amide bonds. The van der Waals surface area contributed by atoms with Crippen molar-refractivity contribution in [1.29, 1.82) is 0 Å². The highest BCUT2D eigenvalue weighted by Crippen LogP contribution is 2.21. The number of carbonyl (C=O) groups excluding carboxylic acids is 1. The molecule has 2 unspecified atom stereocenters. The summed E-state index contributed by atoms with van der Waals surface area (Å²) in [6, 6.07) is 0. The normalized spacial score (nSPS) is 23.3. The van der Waals surface area contributed by atoms with Gasteiger partial charge in [-0.25, -0.2) is 8.42 Å². The molecule has 0 aliphatic carbocycles. The van der Waals surface area contributed by atoms with Crippen LogP contribution in [0, 0.1) is 18.8 Å². The molecule has 0 radical (unpaired) electrons. The lowest BCUT2D eigenvalue weighted by Gasteiger charge is -2.34. The summed E-state index contributed by atoms with van der Waals surface area (Å²) < 4.78 is 28.9. The van der Waals surface area contributed by atoms with Crippen LogP contribution in [0.4, 0.5) is 0 Å². The number of hydrogen-bond donors (Lipinski definition) is 0. The largest absolute Gasteiger partial charge is 0.341 e. The van der Waals surface area contributed by atoms with E-state index in [-0.39, 0.29) is 11.8 Å². The second-order valence-corrected chi connectivity index (χ2v) is 8.08. The van der Waals surface area contributed by atoms with Gasteiger partial charge in [0, 0.05) is 13.1 Å². The van der Waals surface area contributed by atoms with E-state index >= 15 is 0 Å². The Morgan fingerprint density at radius 1 is 1.33 bits per heavy atom. The zero-order valence-corrected chi connectivity index (χ0v) is 13.4. The van der Waals surface area contributed by atoms with Crippen molar-refractivity contribution in [1.82, 2.24) is 15.0 Å². The van der Waals surface area contributed by atoms with Crippen molar-refractivity contribution in [2.45, 2.75) is 32.9 Å². The van der Waals surface area contributed by atoms with Gasteiger partial charge in [0.1, 0.15) is 11.5 Å². The molecule has 0 spiro atoms. The quantitative estimate of drug-likeness (QED) is 0.816. The summed E-state index contributed by atoms with van der Waals surface area (Å²) in [4.78, 5) is 17.7. The van der Waals surface area contributed by atoms with Gasteiger partial charge in [-0.05, 0) is 25.2 Å². The van der Waals surface area contributed by atoms with Crippen molar-refractivity contribution in [3.05, 3.63) is 11.7 Å². The monoisotopic (exact) mass is 315 g/mol. The van der Waals surface area contributed by atoms with Gasteiger partial charge in [0.25, 0.3) is 0 Å². The number of amides is 1. The Hall–Kier alpha value is -1.44. The average Bonchev–Trinajstić information content (AvgIpc) is 2.71. The summed E-state index contributed by atoms with van der Waals surface area (Å²) >= 11 is 0. The molecule has 7 nitrogen and oxygen atoms in total. The minimum atomic E-state index is -3.59. The molecule has 1 aliphatic heterocycles. The summed E-state index contributed by atoms with van der Waals surface area (Å²) in [6.07, 6.45) is 1.07. The van der Waals surface area contributed by atoms with E-state index in [0.29, 0.717) is 30.7 Å². The first-order valence-electron chi connectivity index (χ1n) is 7.02. The molecule has 0 aromatic carbocycles. The Kier molecular flexibility index (Phi) is 4.65. The molecule has 1 fully saturated rings. The molecule has 0 bridgehead atoms. The van der Waals surface area contributed by atoms with Gasteiger partial charge >= 0.3 is 0 Å². The van der Waals surface area contributed by atoms with Crippen LogP contribution in [0.2, 0.25) is 0 Å². The number of nitrogens with zero attached hydrogens (tertiary/aromatic N) is 3. The Bertz CT molecular complexity index is 601. The predicted octanol–water partition coefficient (Wildman–Crippen LogP) is 0.797. The summed E-state index contributed by atoms with van der Waals surface area (Å²) in [5.74, 6) is -0.0274. The van der Waals surface area contributed by atoms with Crippen molar-refractivity contribution >= 4 is 15.7 Å². The van der Waals surface area contributed by atoms with Gasteiger partial charge in [0.05, 0.1) is 0 Å². The number of rotatable bonds is 4. The average molecular weight is 315 g/mol. The maximum Gasteiger partial charge on any atom is 0.241 e. The fraction of sp³-hybridized carbons (Fsp3) is 0.769. The molecule has 0 N–H and O–H groups in total.